The van der Waals surface area contributed by atoms with Crippen LogP contribution in [-0.2, 0) is 10.0 Å². The van der Waals surface area contributed by atoms with Gasteiger partial charge in [-0.2, -0.15) is 9.40 Å². The van der Waals surface area contributed by atoms with Crippen LogP contribution in [0.25, 0.3) is 16.7 Å². The van der Waals surface area contributed by atoms with Gasteiger partial charge in [0.05, 0.1) is 28.8 Å². The van der Waals surface area contributed by atoms with Gasteiger partial charge in [0, 0.05) is 18.7 Å². The smallest absolute Gasteiger partial charge is 0.261 e. The first kappa shape index (κ1) is 22.4. The first-order valence-electron chi connectivity index (χ1n) is 10.3. The minimum atomic E-state index is -3.61. The molecule has 11 heteroatoms. The third kappa shape index (κ3) is 4.15. The van der Waals surface area contributed by atoms with Crippen LogP contribution in [0, 0.1) is 0 Å². The van der Waals surface area contributed by atoms with Crippen molar-refractivity contribution in [3.63, 3.8) is 0 Å². The van der Waals surface area contributed by atoms with Gasteiger partial charge in [-0.25, -0.2) is 18.1 Å². The number of H-pyrrole nitrogens is 1. The molecule has 2 aromatic heterocycles. The molecule has 0 spiro atoms. The Kier molecular flexibility index (Phi) is 6.07. The molecule has 1 amide bonds. The summed E-state index contributed by atoms with van der Waals surface area (Å²) in [6, 6.07) is 12.8. The maximum atomic E-state index is 12.9. The number of aromatic nitrogens is 4. The number of aromatic amines is 1. The van der Waals surface area contributed by atoms with Crippen molar-refractivity contribution >= 4 is 32.7 Å². The van der Waals surface area contributed by atoms with Crippen molar-refractivity contribution in [3.05, 3.63) is 77.0 Å². The van der Waals surface area contributed by atoms with Crippen LogP contribution in [0.3, 0.4) is 0 Å². The van der Waals surface area contributed by atoms with Gasteiger partial charge < -0.3 is 10.3 Å². The first-order chi connectivity index (χ1) is 15.9. The van der Waals surface area contributed by atoms with Crippen LogP contribution in [0.4, 0.5) is 5.69 Å². The highest BCUT2D eigenvalue weighted by molar-refractivity contribution is 7.89. The Morgan fingerprint density at radius 2 is 1.79 bits per heavy atom. The number of rotatable bonds is 7. The fourth-order valence-electron chi connectivity index (χ4n) is 3.48. The van der Waals surface area contributed by atoms with Crippen LogP contribution in [0.15, 0.2) is 70.7 Å². The van der Waals surface area contributed by atoms with E-state index >= 15 is 0 Å². The molecule has 0 aliphatic rings. The van der Waals surface area contributed by atoms with E-state index in [0.29, 0.717) is 41.1 Å². The Labute approximate surface area is 189 Å². The van der Waals surface area contributed by atoms with Crippen LogP contribution in [0.2, 0.25) is 0 Å². The zero-order valence-electron chi connectivity index (χ0n) is 18.0. The summed E-state index contributed by atoms with van der Waals surface area (Å²) in [5.41, 5.74) is 1.32. The Morgan fingerprint density at radius 3 is 2.48 bits per heavy atom. The number of benzene rings is 2. The summed E-state index contributed by atoms with van der Waals surface area (Å²) in [7, 11) is -3.61. The standard InChI is InChI=1S/C22H22N6O4S/c1-3-27(4-2)33(31,32)16-11-9-15(10-12-16)21(29)26-18-7-5-6-8-19(18)28-20-17(13-25-28)22(30)24-14-23-20/h5-14H,3-4H2,1-2H3,(H,26,29)(H,23,24,30). The second-order valence-corrected chi connectivity index (χ2v) is 9.05. The number of amides is 1. The third-order valence-corrected chi connectivity index (χ3v) is 7.28. The molecule has 2 heterocycles. The summed E-state index contributed by atoms with van der Waals surface area (Å²) in [4.78, 5) is 31.7. The van der Waals surface area contributed by atoms with Crippen molar-refractivity contribution in [2.24, 2.45) is 0 Å². The van der Waals surface area contributed by atoms with Gasteiger partial charge in [0.1, 0.15) is 5.39 Å². The number of nitrogens with one attached hydrogen (secondary N) is 2. The molecule has 4 rings (SSSR count). The molecule has 0 fully saturated rings. The lowest BCUT2D eigenvalue weighted by Gasteiger charge is -2.18. The number of sulfonamides is 1. The maximum absolute atomic E-state index is 12.9. The van der Waals surface area contributed by atoms with Gasteiger partial charge in [0.25, 0.3) is 11.5 Å². The van der Waals surface area contributed by atoms with Crippen molar-refractivity contribution in [2.75, 3.05) is 18.4 Å². The number of anilines is 1. The highest BCUT2D eigenvalue weighted by atomic mass is 32.2. The number of nitrogens with zero attached hydrogens (tertiary/aromatic N) is 4. The molecule has 33 heavy (non-hydrogen) atoms. The molecule has 0 radical (unpaired) electrons. The average molecular weight is 467 g/mol. The quantitative estimate of drug-likeness (QED) is 0.430. The second kappa shape index (κ2) is 8.96. The summed E-state index contributed by atoms with van der Waals surface area (Å²) in [5.74, 6) is -0.420. The number of carbonyl (C=O) groups is 1. The van der Waals surface area contributed by atoms with Crippen molar-refractivity contribution < 1.29 is 13.2 Å². The van der Waals surface area contributed by atoms with Crippen molar-refractivity contribution in [1.82, 2.24) is 24.1 Å². The molecule has 0 aliphatic carbocycles. The predicted molar refractivity (Wildman–Crippen MR) is 124 cm³/mol. The van der Waals surface area contributed by atoms with E-state index in [1.54, 1.807) is 38.1 Å². The Morgan fingerprint density at radius 1 is 1.09 bits per heavy atom. The van der Waals surface area contributed by atoms with Gasteiger partial charge in [-0.15, -0.1) is 0 Å². The Hall–Kier alpha value is -3.83. The van der Waals surface area contributed by atoms with Crippen LogP contribution in [-0.4, -0.2) is 51.5 Å². The maximum Gasteiger partial charge on any atom is 0.261 e. The molecule has 0 saturated carbocycles. The van der Waals surface area contributed by atoms with Crippen molar-refractivity contribution in [2.45, 2.75) is 18.7 Å². The molecule has 2 aromatic carbocycles. The van der Waals surface area contributed by atoms with E-state index in [2.05, 4.69) is 20.4 Å². The van der Waals surface area contributed by atoms with Crippen molar-refractivity contribution in [3.8, 4) is 5.69 Å². The average Bonchev–Trinajstić information content (AvgIpc) is 3.25. The molecule has 4 aromatic rings. The molecule has 0 unspecified atom stereocenters. The molecule has 0 aliphatic heterocycles. The van der Waals surface area contributed by atoms with Crippen LogP contribution < -0.4 is 10.9 Å². The van der Waals surface area contributed by atoms with Crippen LogP contribution in [0.1, 0.15) is 24.2 Å². The molecule has 0 saturated heterocycles. The molecular weight excluding hydrogens is 444 g/mol. The molecule has 2 N–H and O–H groups in total. The number of para-hydroxylation sites is 2. The molecule has 10 nitrogen and oxygen atoms in total. The largest absolute Gasteiger partial charge is 0.320 e. The van der Waals surface area contributed by atoms with Crippen LogP contribution >= 0.6 is 0 Å². The van der Waals surface area contributed by atoms with E-state index in [1.165, 1.54) is 45.8 Å². The number of hydrogen-bond donors (Lipinski definition) is 2. The lowest BCUT2D eigenvalue weighted by Crippen LogP contribution is -2.30. The fourth-order valence-corrected chi connectivity index (χ4v) is 4.94. The molecular formula is C22H22N6O4S. The number of fused-ring (bicyclic) bond motifs is 1. The van der Waals surface area contributed by atoms with E-state index in [1.807, 2.05) is 0 Å². The predicted octanol–water partition coefficient (Wildman–Crippen LogP) is 2.39. The van der Waals surface area contributed by atoms with Crippen molar-refractivity contribution in [1.29, 1.82) is 0 Å². The van der Waals surface area contributed by atoms with E-state index < -0.39 is 15.9 Å². The van der Waals surface area contributed by atoms with Gasteiger partial charge in [0.2, 0.25) is 10.0 Å². The van der Waals surface area contributed by atoms with E-state index in [4.69, 9.17) is 0 Å². The minimum Gasteiger partial charge on any atom is -0.320 e. The first-order valence-corrected chi connectivity index (χ1v) is 11.7. The normalized spacial score (nSPS) is 11.7. The van der Waals surface area contributed by atoms with Gasteiger partial charge in [0.15, 0.2) is 5.65 Å². The third-order valence-electron chi connectivity index (χ3n) is 5.21. The zero-order chi connectivity index (χ0) is 23.6. The number of carbonyl (C=O) groups excluding carboxylic acids is 1. The Bertz CT molecular complexity index is 1470. The van der Waals surface area contributed by atoms with E-state index in [-0.39, 0.29) is 10.5 Å². The summed E-state index contributed by atoms with van der Waals surface area (Å²) in [6.07, 6.45) is 2.70. The van der Waals surface area contributed by atoms with Gasteiger partial charge >= 0.3 is 0 Å². The number of hydrogen-bond acceptors (Lipinski definition) is 6. The highest BCUT2D eigenvalue weighted by Gasteiger charge is 2.22. The fraction of sp³-hybridized carbons (Fsp3) is 0.182. The monoisotopic (exact) mass is 466 g/mol. The van der Waals surface area contributed by atoms with Crippen LogP contribution in [0.5, 0.6) is 0 Å². The molecule has 170 valence electrons. The second-order valence-electron chi connectivity index (χ2n) is 7.11. The summed E-state index contributed by atoms with van der Waals surface area (Å²) < 4.78 is 28.1. The summed E-state index contributed by atoms with van der Waals surface area (Å²) in [5, 5.41) is 7.40. The molecule has 0 atom stereocenters. The lowest BCUT2D eigenvalue weighted by molar-refractivity contribution is 0.102. The minimum absolute atomic E-state index is 0.127. The SMILES string of the molecule is CCN(CC)S(=O)(=O)c1ccc(C(=O)Nc2ccccc2-n2ncc3c(=O)[nH]cnc32)cc1. The van der Waals surface area contributed by atoms with Gasteiger partial charge in [-0.1, -0.05) is 26.0 Å². The van der Waals surface area contributed by atoms with Gasteiger partial charge in [-0.3, -0.25) is 9.59 Å². The zero-order valence-corrected chi connectivity index (χ0v) is 18.8. The highest BCUT2D eigenvalue weighted by Crippen LogP contribution is 2.23. The topological polar surface area (TPSA) is 130 Å². The summed E-state index contributed by atoms with van der Waals surface area (Å²) >= 11 is 0. The van der Waals surface area contributed by atoms with Gasteiger partial charge in [-0.05, 0) is 36.4 Å². The summed E-state index contributed by atoms with van der Waals surface area (Å²) in [6.45, 7) is 4.27. The molecule has 0 bridgehead atoms. The van der Waals surface area contributed by atoms with E-state index in [0.717, 1.165) is 0 Å². The van der Waals surface area contributed by atoms with E-state index in [9.17, 15) is 18.0 Å². The lowest BCUT2D eigenvalue weighted by atomic mass is 10.2. The Balaban J connectivity index is 1.63.